The van der Waals surface area contributed by atoms with Crippen molar-refractivity contribution < 1.29 is 24.4 Å². The molecule has 0 amide bonds. The average molecular weight is 239 g/mol. The van der Waals surface area contributed by atoms with E-state index in [4.69, 9.17) is 9.84 Å². The Labute approximate surface area is 95.8 Å². The summed E-state index contributed by atoms with van der Waals surface area (Å²) in [5.41, 5.74) is 0.185. The number of nitrogens with zero attached hydrogens (tertiary/aromatic N) is 1. The Balaban J connectivity index is 2.64. The van der Waals surface area contributed by atoms with Gasteiger partial charge in [0.15, 0.2) is 6.61 Å². The number of Topliss-reactive ketones (excluding diaryl/α,β-unsaturated/α-hetero) is 1. The van der Waals surface area contributed by atoms with Crippen LogP contribution in [0.15, 0.2) is 24.3 Å². The number of aliphatic carboxylic acids is 1. The Morgan fingerprint density at radius 3 is 2.35 bits per heavy atom. The van der Waals surface area contributed by atoms with E-state index in [0.29, 0.717) is 0 Å². The van der Waals surface area contributed by atoms with Gasteiger partial charge in [-0.2, -0.15) is 0 Å². The van der Waals surface area contributed by atoms with Gasteiger partial charge in [-0.3, -0.25) is 14.9 Å². The lowest BCUT2D eigenvalue weighted by Gasteiger charge is -2.03. The van der Waals surface area contributed by atoms with Crippen LogP contribution in [-0.2, 0) is 4.79 Å². The number of ketones is 1. The van der Waals surface area contributed by atoms with Crippen LogP contribution < -0.4 is 4.74 Å². The second kappa shape index (κ2) is 5.59. The highest BCUT2D eigenvalue weighted by Gasteiger charge is 2.12. The van der Waals surface area contributed by atoms with E-state index >= 15 is 0 Å². The van der Waals surface area contributed by atoms with E-state index in [1.165, 1.54) is 24.3 Å². The molecule has 90 valence electrons. The largest absolute Gasteiger partial charge is 0.482 e. The van der Waals surface area contributed by atoms with Crippen LogP contribution in [0.4, 0.5) is 0 Å². The van der Waals surface area contributed by atoms with Gasteiger partial charge in [0.05, 0.1) is 0 Å². The molecular formula is C10H9NO6. The third-order valence-corrected chi connectivity index (χ3v) is 1.81. The van der Waals surface area contributed by atoms with Crippen LogP contribution in [0.5, 0.6) is 5.75 Å². The highest BCUT2D eigenvalue weighted by molar-refractivity contribution is 5.96. The molecule has 0 aliphatic rings. The third-order valence-electron chi connectivity index (χ3n) is 1.81. The van der Waals surface area contributed by atoms with Gasteiger partial charge in [-0.05, 0) is 24.3 Å². The van der Waals surface area contributed by atoms with Crippen molar-refractivity contribution in [1.29, 1.82) is 0 Å². The zero-order chi connectivity index (χ0) is 12.8. The van der Waals surface area contributed by atoms with E-state index in [0.717, 1.165) is 0 Å². The molecule has 0 unspecified atom stereocenters. The standard InChI is InChI=1S/C10H9NO6/c12-9(5-11(15)16)7-1-3-8(4-2-7)17-6-10(13)14/h1-4H,5-6H2,(H,13,14). The molecule has 0 fully saturated rings. The van der Waals surface area contributed by atoms with Crippen molar-refractivity contribution in [3.05, 3.63) is 39.9 Å². The molecule has 17 heavy (non-hydrogen) atoms. The molecule has 0 saturated carbocycles. The smallest absolute Gasteiger partial charge is 0.341 e. The number of carbonyl (C=O) groups is 2. The summed E-state index contributed by atoms with van der Waals surface area (Å²) in [6.07, 6.45) is 0. The Hall–Kier alpha value is -2.44. The number of ether oxygens (including phenoxy) is 1. The molecule has 1 rings (SSSR count). The van der Waals surface area contributed by atoms with E-state index in [2.05, 4.69) is 0 Å². The number of nitro groups is 1. The van der Waals surface area contributed by atoms with E-state index < -0.39 is 29.8 Å². The van der Waals surface area contributed by atoms with Crippen molar-refractivity contribution in [3.8, 4) is 5.75 Å². The molecule has 0 atom stereocenters. The minimum atomic E-state index is -1.11. The highest BCUT2D eigenvalue weighted by atomic mass is 16.6. The SMILES string of the molecule is O=C(O)COc1ccc(C(=O)C[N+](=O)[O-])cc1. The lowest BCUT2D eigenvalue weighted by Crippen LogP contribution is -2.13. The molecule has 0 spiro atoms. The van der Waals surface area contributed by atoms with Gasteiger partial charge in [0.2, 0.25) is 5.78 Å². The van der Waals surface area contributed by atoms with Crippen molar-refractivity contribution >= 4 is 11.8 Å². The summed E-state index contributed by atoms with van der Waals surface area (Å²) < 4.78 is 4.84. The van der Waals surface area contributed by atoms with E-state index in [9.17, 15) is 19.7 Å². The van der Waals surface area contributed by atoms with Gasteiger partial charge in [0, 0.05) is 10.5 Å². The van der Waals surface area contributed by atoms with Gasteiger partial charge in [0.1, 0.15) is 5.75 Å². The Bertz CT molecular complexity index is 439. The summed E-state index contributed by atoms with van der Waals surface area (Å²) in [4.78, 5) is 30.9. The molecule has 0 bridgehead atoms. The zero-order valence-electron chi connectivity index (χ0n) is 8.66. The molecular weight excluding hydrogens is 230 g/mol. The lowest BCUT2D eigenvalue weighted by molar-refractivity contribution is -0.465. The van der Waals surface area contributed by atoms with E-state index in [1.54, 1.807) is 0 Å². The summed E-state index contributed by atoms with van der Waals surface area (Å²) in [6, 6.07) is 5.47. The minimum Gasteiger partial charge on any atom is -0.482 e. The van der Waals surface area contributed by atoms with Gasteiger partial charge >= 0.3 is 5.97 Å². The number of hydrogen-bond donors (Lipinski definition) is 1. The molecule has 0 saturated heterocycles. The molecule has 0 aromatic heterocycles. The lowest BCUT2D eigenvalue weighted by atomic mass is 10.1. The van der Waals surface area contributed by atoms with E-state index in [1.807, 2.05) is 0 Å². The minimum absolute atomic E-state index is 0.185. The predicted octanol–water partition coefficient (Wildman–Crippen LogP) is 0.609. The summed E-state index contributed by atoms with van der Waals surface area (Å²) in [5, 5.41) is 18.5. The van der Waals surface area contributed by atoms with Crippen molar-refractivity contribution in [1.82, 2.24) is 0 Å². The molecule has 7 heteroatoms. The number of rotatable bonds is 6. The normalized spacial score (nSPS) is 9.65. The molecule has 0 radical (unpaired) electrons. The van der Waals surface area contributed by atoms with Crippen LogP contribution in [-0.4, -0.2) is 34.9 Å². The maximum Gasteiger partial charge on any atom is 0.341 e. The van der Waals surface area contributed by atoms with Crippen LogP contribution in [0.1, 0.15) is 10.4 Å². The van der Waals surface area contributed by atoms with E-state index in [-0.39, 0.29) is 11.3 Å². The molecule has 1 aromatic rings. The molecule has 7 nitrogen and oxygen atoms in total. The van der Waals surface area contributed by atoms with Crippen molar-refractivity contribution in [2.24, 2.45) is 0 Å². The topological polar surface area (TPSA) is 107 Å². The monoisotopic (exact) mass is 239 g/mol. The first-order chi connectivity index (χ1) is 7.99. The fourth-order valence-corrected chi connectivity index (χ4v) is 1.09. The van der Waals surface area contributed by atoms with Gasteiger partial charge in [-0.25, -0.2) is 4.79 Å². The van der Waals surface area contributed by atoms with Gasteiger partial charge in [-0.1, -0.05) is 0 Å². The fraction of sp³-hybridized carbons (Fsp3) is 0.200. The quantitative estimate of drug-likeness (QED) is 0.442. The van der Waals surface area contributed by atoms with Gasteiger partial charge in [0.25, 0.3) is 6.54 Å². The number of carboxylic acids is 1. The number of carbonyl (C=O) groups excluding carboxylic acids is 1. The number of hydrogen-bond acceptors (Lipinski definition) is 5. The first kappa shape index (κ1) is 12.6. The highest BCUT2D eigenvalue weighted by Crippen LogP contribution is 2.12. The predicted molar refractivity (Wildman–Crippen MR) is 55.8 cm³/mol. The first-order valence-corrected chi connectivity index (χ1v) is 4.58. The molecule has 0 aliphatic carbocycles. The molecule has 0 heterocycles. The maximum absolute atomic E-state index is 11.3. The van der Waals surface area contributed by atoms with Crippen molar-refractivity contribution in [2.75, 3.05) is 13.2 Å². The molecule has 1 N–H and O–H groups in total. The Morgan fingerprint density at radius 2 is 1.88 bits per heavy atom. The number of benzene rings is 1. The van der Waals surface area contributed by atoms with Crippen LogP contribution in [0, 0.1) is 10.1 Å². The second-order valence-corrected chi connectivity index (χ2v) is 3.12. The number of carboxylic acid groups (broad SMARTS) is 1. The third kappa shape index (κ3) is 4.29. The van der Waals surface area contributed by atoms with Crippen LogP contribution in [0.25, 0.3) is 0 Å². The van der Waals surface area contributed by atoms with Gasteiger partial charge in [-0.15, -0.1) is 0 Å². The summed E-state index contributed by atoms with van der Waals surface area (Å²) in [5.74, 6) is -1.44. The Morgan fingerprint density at radius 1 is 1.29 bits per heavy atom. The van der Waals surface area contributed by atoms with Gasteiger partial charge < -0.3 is 9.84 Å². The molecule has 0 aliphatic heterocycles. The summed E-state index contributed by atoms with van der Waals surface area (Å²) in [7, 11) is 0. The average Bonchev–Trinajstić information content (AvgIpc) is 2.26. The van der Waals surface area contributed by atoms with Crippen LogP contribution in [0.3, 0.4) is 0 Å². The first-order valence-electron chi connectivity index (χ1n) is 4.58. The van der Waals surface area contributed by atoms with Crippen LogP contribution >= 0.6 is 0 Å². The summed E-state index contributed by atoms with van der Waals surface area (Å²) >= 11 is 0. The maximum atomic E-state index is 11.3. The second-order valence-electron chi connectivity index (χ2n) is 3.12. The summed E-state index contributed by atoms with van der Waals surface area (Å²) in [6.45, 7) is -1.25. The zero-order valence-corrected chi connectivity index (χ0v) is 8.66. The molecule has 1 aromatic carbocycles. The van der Waals surface area contributed by atoms with Crippen LogP contribution in [0.2, 0.25) is 0 Å². The van der Waals surface area contributed by atoms with Crippen molar-refractivity contribution in [2.45, 2.75) is 0 Å². The van der Waals surface area contributed by atoms with Crippen molar-refractivity contribution in [3.63, 3.8) is 0 Å². The fourth-order valence-electron chi connectivity index (χ4n) is 1.09. The Kier molecular flexibility index (Phi) is 4.15.